The predicted octanol–water partition coefficient (Wildman–Crippen LogP) is -0.431. The fourth-order valence-electron chi connectivity index (χ4n) is 2.06. The minimum Gasteiger partial charge on any atom is -0.480 e. The van der Waals surface area contributed by atoms with E-state index in [0.717, 1.165) is 4.31 Å². The summed E-state index contributed by atoms with van der Waals surface area (Å²) >= 11 is 0. The monoisotopic (exact) mass is 308 g/mol. The number of nitrogens with one attached hydrogen (secondary N) is 1. The smallest absolute Gasteiger partial charge is 0.321 e. The fraction of sp³-hybridized carbons (Fsp3) is 0.818. The van der Waals surface area contributed by atoms with Crippen LogP contribution >= 0.6 is 0 Å². The zero-order chi connectivity index (χ0) is 15.3. The van der Waals surface area contributed by atoms with Crippen LogP contribution in [0, 0.1) is 5.92 Å². The van der Waals surface area contributed by atoms with Crippen molar-refractivity contribution in [2.45, 2.75) is 32.2 Å². The second-order valence-corrected chi connectivity index (χ2v) is 6.32. The lowest BCUT2D eigenvalue weighted by Gasteiger charge is -2.30. The third-order valence-corrected chi connectivity index (χ3v) is 4.95. The Morgan fingerprint density at radius 2 is 1.95 bits per heavy atom. The molecule has 0 radical (unpaired) electrons. The molecule has 0 aromatic heterocycles. The van der Waals surface area contributed by atoms with E-state index in [4.69, 9.17) is 5.11 Å². The summed E-state index contributed by atoms with van der Waals surface area (Å²) in [6.45, 7) is 1.93. The van der Waals surface area contributed by atoms with Gasteiger partial charge < -0.3 is 9.84 Å². The minimum absolute atomic E-state index is 0.160. The van der Waals surface area contributed by atoms with Crippen LogP contribution in [0.15, 0.2) is 0 Å². The molecule has 0 aromatic rings. The van der Waals surface area contributed by atoms with Crippen molar-refractivity contribution in [3.63, 3.8) is 0 Å². The first kappa shape index (κ1) is 16.9. The predicted molar refractivity (Wildman–Crippen MR) is 70.1 cm³/mol. The first-order chi connectivity index (χ1) is 9.31. The number of esters is 1. The lowest BCUT2D eigenvalue weighted by Crippen LogP contribution is -2.50. The van der Waals surface area contributed by atoms with Crippen LogP contribution in [0.25, 0.3) is 0 Å². The van der Waals surface area contributed by atoms with E-state index in [1.165, 1.54) is 7.11 Å². The standard InChI is InChI=1S/C11H20N2O6S/c1-3-9(10(14)15)12-20(17,18)13-6-4-8(5-7-13)11(16)19-2/h8-9,12H,3-7H2,1-2H3,(H,14,15). The van der Waals surface area contributed by atoms with Crippen molar-refractivity contribution in [2.75, 3.05) is 20.2 Å². The van der Waals surface area contributed by atoms with E-state index in [1.807, 2.05) is 0 Å². The highest BCUT2D eigenvalue weighted by molar-refractivity contribution is 7.87. The Labute approximate surface area is 118 Å². The number of ether oxygens (including phenoxy) is 1. The summed E-state index contributed by atoms with van der Waals surface area (Å²) in [7, 11) is -2.55. The molecule has 0 spiro atoms. The molecule has 1 heterocycles. The molecule has 0 saturated carbocycles. The second kappa shape index (κ2) is 7.00. The molecule has 1 aliphatic rings. The topological polar surface area (TPSA) is 113 Å². The Bertz CT molecular complexity index is 456. The highest BCUT2D eigenvalue weighted by atomic mass is 32.2. The van der Waals surface area contributed by atoms with Gasteiger partial charge in [0.2, 0.25) is 0 Å². The van der Waals surface area contributed by atoms with Crippen molar-refractivity contribution in [3.8, 4) is 0 Å². The van der Waals surface area contributed by atoms with Gasteiger partial charge in [0.1, 0.15) is 6.04 Å². The van der Waals surface area contributed by atoms with Gasteiger partial charge in [-0.3, -0.25) is 9.59 Å². The van der Waals surface area contributed by atoms with Crippen LogP contribution < -0.4 is 4.72 Å². The molecule has 1 unspecified atom stereocenters. The molecule has 0 aliphatic carbocycles. The zero-order valence-corrected chi connectivity index (χ0v) is 12.4. The molecule has 1 rings (SSSR count). The molecule has 0 amide bonds. The van der Waals surface area contributed by atoms with Crippen molar-refractivity contribution >= 4 is 22.1 Å². The number of hydrogen-bond donors (Lipinski definition) is 2. The maximum Gasteiger partial charge on any atom is 0.321 e. The zero-order valence-electron chi connectivity index (χ0n) is 11.5. The number of hydrogen-bond acceptors (Lipinski definition) is 5. The summed E-state index contributed by atoms with van der Waals surface area (Å²) in [6.07, 6.45) is 0.905. The third kappa shape index (κ3) is 4.15. The van der Waals surface area contributed by atoms with E-state index >= 15 is 0 Å². The highest BCUT2D eigenvalue weighted by Gasteiger charge is 2.33. The summed E-state index contributed by atoms with van der Waals surface area (Å²) in [5.74, 6) is -1.85. The van der Waals surface area contributed by atoms with Crippen LogP contribution in [0.2, 0.25) is 0 Å². The van der Waals surface area contributed by atoms with Crippen LogP contribution in [0.1, 0.15) is 26.2 Å². The molecular formula is C11H20N2O6S. The number of nitrogens with zero attached hydrogens (tertiary/aromatic N) is 1. The summed E-state index contributed by atoms with van der Waals surface area (Å²) in [4.78, 5) is 22.2. The number of carboxylic acid groups (broad SMARTS) is 1. The van der Waals surface area contributed by atoms with Crippen molar-refractivity contribution in [1.29, 1.82) is 0 Å². The van der Waals surface area contributed by atoms with Crippen molar-refractivity contribution in [2.24, 2.45) is 5.92 Å². The van der Waals surface area contributed by atoms with Gasteiger partial charge in [-0.05, 0) is 19.3 Å². The number of aliphatic carboxylic acids is 1. The van der Waals surface area contributed by atoms with Gasteiger partial charge in [-0.25, -0.2) is 0 Å². The maximum atomic E-state index is 12.0. The molecular weight excluding hydrogens is 288 g/mol. The van der Waals surface area contributed by atoms with Gasteiger partial charge in [0.15, 0.2) is 0 Å². The molecule has 1 aliphatic heterocycles. The van der Waals surface area contributed by atoms with Crippen molar-refractivity contribution in [3.05, 3.63) is 0 Å². The number of carboxylic acids is 1. The Kier molecular flexibility index (Phi) is 5.90. The first-order valence-electron chi connectivity index (χ1n) is 6.39. The summed E-state index contributed by atoms with van der Waals surface area (Å²) in [5.41, 5.74) is 0. The third-order valence-electron chi connectivity index (χ3n) is 3.33. The Morgan fingerprint density at radius 1 is 1.40 bits per heavy atom. The van der Waals surface area contributed by atoms with Crippen LogP contribution in [-0.2, 0) is 24.5 Å². The van der Waals surface area contributed by atoms with Crippen LogP contribution in [0.4, 0.5) is 0 Å². The second-order valence-electron chi connectivity index (χ2n) is 4.62. The Morgan fingerprint density at radius 3 is 2.35 bits per heavy atom. The van der Waals surface area contributed by atoms with Gasteiger partial charge >= 0.3 is 11.9 Å². The van der Waals surface area contributed by atoms with Crippen LogP contribution in [-0.4, -0.2) is 56.0 Å². The lowest BCUT2D eigenvalue weighted by molar-refractivity contribution is -0.146. The SMILES string of the molecule is CCC(NS(=O)(=O)N1CCC(C(=O)OC)CC1)C(=O)O. The number of methoxy groups -OCH3 is 1. The molecule has 2 N–H and O–H groups in total. The Hall–Kier alpha value is -1.19. The average molecular weight is 308 g/mol. The normalized spacial score (nSPS) is 19.5. The number of piperidine rings is 1. The van der Waals surface area contributed by atoms with Crippen LogP contribution in [0.3, 0.4) is 0 Å². The van der Waals surface area contributed by atoms with E-state index in [2.05, 4.69) is 9.46 Å². The maximum absolute atomic E-state index is 12.0. The van der Waals surface area contributed by atoms with Gasteiger partial charge in [0.05, 0.1) is 13.0 Å². The van der Waals surface area contributed by atoms with Crippen molar-refractivity contribution in [1.82, 2.24) is 9.03 Å². The fourth-order valence-corrected chi connectivity index (χ4v) is 3.53. The van der Waals surface area contributed by atoms with E-state index in [1.54, 1.807) is 6.92 Å². The molecule has 116 valence electrons. The van der Waals surface area contributed by atoms with Gasteiger partial charge in [0.25, 0.3) is 10.2 Å². The molecule has 8 nitrogen and oxygen atoms in total. The highest BCUT2D eigenvalue weighted by Crippen LogP contribution is 2.20. The van der Waals surface area contributed by atoms with Crippen LogP contribution in [0.5, 0.6) is 0 Å². The summed E-state index contributed by atoms with van der Waals surface area (Å²) in [5, 5.41) is 8.88. The quantitative estimate of drug-likeness (QED) is 0.644. The Balaban J connectivity index is 2.63. The van der Waals surface area contributed by atoms with Gasteiger partial charge in [-0.1, -0.05) is 6.92 Å². The molecule has 0 bridgehead atoms. The minimum atomic E-state index is -3.85. The van der Waals surface area contributed by atoms with Crippen molar-refractivity contribution < 1.29 is 27.9 Å². The van der Waals surface area contributed by atoms with Gasteiger partial charge in [-0.2, -0.15) is 17.4 Å². The largest absolute Gasteiger partial charge is 0.480 e. The molecule has 1 saturated heterocycles. The molecule has 1 atom stereocenters. The first-order valence-corrected chi connectivity index (χ1v) is 7.83. The van der Waals surface area contributed by atoms with E-state index in [-0.39, 0.29) is 31.4 Å². The lowest BCUT2D eigenvalue weighted by atomic mass is 9.99. The van der Waals surface area contributed by atoms with Gasteiger partial charge in [-0.15, -0.1) is 0 Å². The number of carbonyl (C=O) groups is 2. The average Bonchev–Trinajstić information content (AvgIpc) is 2.43. The summed E-state index contributed by atoms with van der Waals surface area (Å²) in [6, 6.07) is -1.14. The molecule has 20 heavy (non-hydrogen) atoms. The molecule has 9 heteroatoms. The van der Waals surface area contributed by atoms with E-state index < -0.39 is 22.2 Å². The van der Waals surface area contributed by atoms with Gasteiger partial charge in [0, 0.05) is 13.1 Å². The number of rotatable bonds is 6. The molecule has 1 fully saturated rings. The van der Waals surface area contributed by atoms with E-state index in [0.29, 0.717) is 12.8 Å². The summed E-state index contributed by atoms with van der Waals surface area (Å²) < 4.78 is 32.0. The molecule has 0 aromatic carbocycles. The van der Waals surface area contributed by atoms with E-state index in [9.17, 15) is 18.0 Å². The number of carbonyl (C=O) groups excluding carboxylic acids is 1.